The third-order valence-electron chi connectivity index (χ3n) is 2.85. The van der Waals surface area contributed by atoms with Crippen LogP contribution in [0.4, 0.5) is 4.39 Å². The van der Waals surface area contributed by atoms with Crippen LogP contribution in [0, 0.1) is 5.82 Å². The van der Waals surface area contributed by atoms with Crippen molar-refractivity contribution in [1.82, 2.24) is 0 Å². The van der Waals surface area contributed by atoms with Crippen LogP contribution in [-0.2, 0) is 6.54 Å². The summed E-state index contributed by atoms with van der Waals surface area (Å²) in [5, 5.41) is 0.0719. The van der Waals surface area contributed by atoms with E-state index in [1.165, 1.54) is 0 Å². The SMILES string of the molecule is COc1ccc(-c2ccc(Br)c(Cl)c2F)cc1CN. The molecule has 0 fully saturated rings. The molecule has 2 aromatic carbocycles. The molecule has 0 amide bonds. The highest BCUT2D eigenvalue weighted by molar-refractivity contribution is 9.10. The van der Waals surface area contributed by atoms with Gasteiger partial charge in [-0.15, -0.1) is 0 Å². The molecule has 2 rings (SSSR count). The summed E-state index contributed by atoms with van der Waals surface area (Å²) in [4.78, 5) is 0. The lowest BCUT2D eigenvalue weighted by Crippen LogP contribution is -2.00. The topological polar surface area (TPSA) is 35.2 Å². The van der Waals surface area contributed by atoms with E-state index in [-0.39, 0.29) is 5.02 Å². The van der Waals surface area contributed by atoms with Gasteiger partial charge >= 0.3 is 0 Å². The van der Waals surface area contributed by atoms with Gasteiger partial charge in [0.1, 0.15) is 5.75 Å². The lowest BCUT2D eigenvalue weighted by atomic mass is 10.0. The van der Waals surface area contributed by atoms with Crippen molar-refractivity contribution in [2.75, 3.05) is 7.11 Å². The molecule has 0 radical (unpaired) electrons. The van der Waals surface area contributed by atoms with Gasteiger partial charge < -0.3 is 10.5 Å². The fraction of sp³-hybridized carbons (Fsp3) is 0.143. The third kappa shape index (κ3) is 2.76. The van der Waals surface area contributed by atoms with Crippen molar-refractivity contribution in [3.05, 3.63) is 51.2 Å². The fourth-order valence-electron chi connectivity index (χ4n) is 1.85. The maximum Gasteiger partial charge on any atom is 0.150 e. The van der Waals surface area contributed by atoms with Crippen LogP contribution in [-0.4, -0.2) is 7.11 Å². The molecular weight excluding hydrogens is 333 g/mol. The van der Waals surface area contributed by atoms with Crippen LogP contribution in [0.15, 0.2) is 34.8 Å². The number of hydrogen-bond acceptors (Lipinski definition) is 2. The Morgan fingerprint density at radius 3 is 2.68 bits per heavy atom. The first kappa shape index (κ1) is 14.3. The minimum atomic E-state index is -0.454. The number of methoxy groups -OCH3 is 1. The van der Waals surface area contributed by atoms with Crippen LogP contribution < -0.4 is 10.5 Å². The summed E-state index contributed by atoms with van der Waals surface area (Å²) in [5.41, 5.74) is 7.63. The van der Waals surface area contributed by atoms with Gasteiger partial charge in [0, 0.05) is 22.1 Å². The van der Waals surface area contributed by atoms with Crippen molar-refractivity contribution in [2.24, 2.45) is 5.73 Å². The van der Waals surface area contributed by atoms with Gasteiger partial charge in [0.25, 0.3) is 0 Å². The Balaban J connectivity index is 2.56. The molecule has 0 aliphatic rings. The summed E-state index contributed by atoms with van der Waals surface area (Å²) >= 11 is 9.09. The van der Waals surface area contributed by atoms with Crippen LogP contribution in [0.3, 0.4) is 0 Å². The maximum absolute atomic E-state index is 14.1. The largest absolute Gasteiger partial charge is 0.496 e. The average molecular weight is 345 g/mol. The molecule has 2 N–H and O–H groups in total. The monoisotopic (exact) mass is 343 g/mol. The Hall–Kier alpha value is -1.10. The lowest BCUT2D eigenvalue weighted by Gasteiger charge is -2.11. The fourth-order valence-corrected chi connectivity index (χ4v) is 2.33. The minimum Gasteiger partial charge on any atom is -0.496 e. The number of nitrogens with two attached hydrogens (primary N) is 1. The minimum absolute atomic E-state index is 0.0719. The molecule has 0 saturated carbocycles. The Bertz CT molecular complexity index is 619. The second kappa shape index (κ2) is 5.90. The van der Waals surface area contributed by atoms with Crippen molar-refractivity contribution in [2.45, 2.75) is 6.54 Å². The zero-order valence-electron chi connectivity index (χ0n) is 10.2. The molecule has 0 spiro atoms. The number of ether oxygens (including phenoxy) is 1. The summed E-state index contributed by atoms with van der Waals surface area (Å²) in [7, 11) is 1.57. The van der Waals surface area contributed by atoms with Crippen LogP contribution in [0.2, 0.25) is 5.02 Å². The summed E-state index contributed by atoms with van der Waals surface area (Å²) in [6.45, 7) is 0.322. The van der Waals surface area contributed by atoms with Crippen molar-refractivity contribution in [3.63, 3.8) is 0 Å². The van der Waals surface area contributed by atoms with E-state index in [4.69, 9.17) is 22.1 Å². The number of rotatable bonds is 3. The number of hydrogen-bond donors (Lipinski definition) is 1. The van der Waals surface area contributed by atoms with Crippen molar-refractivity contribution in [1.29, 1.82) is 0 Å². The average Bonchev–Trinajstić information content (AvgIpc) is 2.44. The standard InChI is InChI=1S/C14H12BrClFNO/c1-19-12-5-2-8(6-9(12)7-18)10-3-4-11(15)13(16)14(10)17/h2-6H,7,18H2,1H3. The summed E-state index contributed by atoms with van der Waals surface area (Å²) in [5.74, 6) is 0.235. The summed E-state index contributed by atoms with van der Waals surface area (Å²) in [6.07, 6.45) is 0. The molecule has 5 heteroatoms. The van der Waals surface area contributed by atoms with Crippen molar-refractivity contribution in [3.8, 4) is 16.9 Å². The van der Waals surface area contributed by atoms with Crippen molar-refractivity contribution < 1.29 is 9.13 Å². The summed E-state index contributed by atoms with van der Waals surface area (Å²) in [6, 6.07) is 8.75. The van der Waals surface area contributed by atoms with Gasteiger partial charge in [0.2, 0.25) is 0 Å². The second-order valence-corrected chi connectivity index (χ2v) is 5.19. The Morgan fingerprint density at radius 1 is 1.32 bits per heavy atom. The lowest BCUT2D eigenvalue weighted by molar-refractivity contribution is 0.410. The first-order chi connectivity index (χ1) is 9.08. The van der Waals surface area contributed by atoms with Gasteiger partial charge in [-0.05, 0) is 39.7 Å². The molecule has 0 aromatic heterocycles. The number of halogens is 3. The molecular formula is C14H12BrClFNO. The normalized spacial score (nSPS) is 10.6. The van der Waals surface area contributed by atoms with Crippen molar-refractivity contribution >= 4 is 27.5 Å². The first-order valence-electron chi connectivity index (χ1n) is 5.59. The molecule has 0 saturated heterocycles. The second-order valence-electron chi connectivity index (χ2n) is 3.95. The third-order valence-corrected chi connectivity index (χ3v) is 4.11. The Morgan fingerprint density at radius 2 is 2.05 bits per heavy atom. The van der Waals surface area contributed by atoms with E-state index in [1.54, 1.807) is 31.4 Å². The van der Waals surface area contributed by atoms with Gasteiger partial charge in [0.15, 0.2) is 5.82 Å². The quantitative estimate of drug-likeness (QED) is 0.839. The molecule has 0 aliphatic heterocycles. The molecule has 0 unspecified atom stereocenters. The smallest absolute Gasteiger partial charge is 0.150 e. The molecule has 2 aromatic rings. The molecule has 0 aliphatic carbocycles. The van der Waals surface area contributed by atoms with Crippen LogP contribution in [0.5, 0.6) is 5.75 Å². The van der Waals surface area contributed by atoms with Crippen LogP contribution in [0.1, 0.15) is 5.56 Å². The Kier molecular flexibility index (Phi) is 4.45. The molecule has 2 nitrogen and oxygen atoms in total. The van der Waals surface area contributed by atoms with E-state index < -0.39 is 5.82 Å². The predicted octanol–water partition coefficient (Wildman–Crippen LogP) is 4.38. The molecule has 0 bridgehead atoms. The summed E-state index contributed by atoms with van der Waals surface area (Å²) < 4.78 is 19.9. The zero-order chi connectivity index (χ0) is 14.0. The van der Waals surface area contributed by atoms with E-state index >= 15 is 0 Å². The van der Waals surface area contributed by atoms with Gasteiger partial charge in [-0.2, -0.15) is 0 Å². The van der Waals surface area contributed by atoms with E-state index in [9.17, 15) is 4.39 Å². The highest BCUT2D eigenvalue weighted by Gasteiger charge is 2.13. The van der Waals surface area contributed by atoms with Gasteiger partial charge in [-0.1, -0.05) is 23.7 Å². The van der Waals surface area contributed by atoms with Gasteiger partial charge in [-0.3, -0.25) is 0 Å². The predicted molar refractivity (Wildman–Crippen MR) is 79.0 cm³/mol. The first-order valence-corrected chi connectivity index (χ1v) is 6.76. The highest BCUT2D eigenvalue weighted by Crippen LogP contribution is 2.34. The van der Waals surface area contributed by atoms with Gasteiger partial charge in [-0.25, -0.2) is 4.39 Å². The highest BCUT2D eigenvalue weighted by atomic mass is 79.9. The molecule has 19 heavy (non-hydrogen) atoms. The Labute approximate surface area is 124 Å². The zero-order valence-corrected chi connectivity index (χ0v) is 12.6. The van der Waals surface area contributed by atoms with E-state index in [0.29, 0.717) is 27.9 Å². The molecule has 0 heterocycles. The van der Waals surface area contributed by atoms with E-state index in [2.05, 4.69) is 15.9 Å². The van der Waals surface area contributed by atoms with Gasteiger partial charge in [0.05, 0.1) is 12.1 Å². The number of benzene rings is 2. The van der Waals surface area contributed by atoms with Crippen LogP contribution >= 0.6 is 27.5 Å². The van der Waals surface area contributed by atoms with E-state index in [0.717, 1.165) is 5.56 Å². The van der Waals surface area contributed by atoms with Crippen LogP contribution in [0.25, 0.3) is 11.1 Å². The molecule has 100 valence electrons. The maximum atomic E-state index is 14.1. The molecule has 0 atom stereocenters. The van der Waals surface area contributed by atoms with E-state index in [1.807, 2.05) is 6.07 Å².